The van der Waals surface area contributed by atoms with Crippen molar-refractivity contribution in [3.05, 3.63) is 40.3 Å². The fourth-order valence-corrected chi connectivity index (χ4v) is 3.23. The fraction of sp³-hybridized carbons (Fsp3) is 0.444. The molecule has 1 atom stereocenters. The van der Waals surface area contributed by atoms with Crippen molar-refractivity contribution in [2.75, 3.05) is 18.5 Å². The molecule has 0 bridgehead atoms. The molecule has 2 heterocycles. The monoisotopic (exact) mass is 346 g/mol. The maximum absolute atomic E-state index is 12.0. The van der Waals surface area contributed by atoms with Crippen molar-refractivity contribution in [2.24, 2.45) is 0 Å². The topological polar surface area (TPSA) is 60.5 Å². The van der Waals surface area contributed by atoms with Crippen LogP contribution in [-0.4, -0.2) is 30.2 Å². The number of hydrogen-bond acceptors (Lipinski definition) is 5. The normalized spacial score (nSPS) is 17.5. The van der Waals surface area contributed by atoms with Gasteiger partial charge in [-0.15, -0.1) is 11.3 Å². The van der Waals surface area contributed by atoms with Gasteiger partial charge in [0.25, 0.3) is 0 Å². The minimum atomic E-state index is -0.0652. The largest absolute Gasteiger partial charge is 0.491 e. The van der Waals surface area contributed by atoms with Gasteiger partial charge in [0.05, 0.1) is 23.2 Å². The number of amides is 1. The molecule has 1 fully saturated rings. The number of thiazole rings is 1. The van der Waals surface area contributed by atoms with Crippen LogP contribution >= 0.6 is 11.3 Å². The van der Waals surface area contributed by atoms with Gasteiger partial charge in [-0.2, -0.15) is 0 Å². The Labute approximate surface area is 146 Å². The maximum Gasteiger partial charge on any atom is 0.230 e. The highest BCUT2D eigenvalue weighted by Crippen LogP contribution is 2.19. The molecule has 128 valence electrons. The van der Waals surface area contributed by atoms with Gasteiger partial charge in [0.1, 0.15) is 12.4 Å². The lowest BCUT2D eigenvalue weighted by molar-refractivity contribution is -0.115. The molecular weight excluding hydrogens is 324 g/mol. The summed E-state index contributed by atoms with van der Waals surface area (Å²) in [6.07, 6.45) is 3.90. The lowest BCUT2D eigenvalue weighted by Crippen LogP contribution is -2.25. The highest BCUT2D eigenvalue weighted by molar-refractivity contribution is 7.09. The van der Waals surface area contributed by atoms with E-state index >= 15 is 0 Å². The van der Waals surface area contributed by atoms with Gasteiger partial charge < -0.3 is 14.8 Å². The highest BCUT2D eigenvalue weighted by atomic mass is 32.1. The van der Waals surface area contributed by atoms with Crippen molar-refractivity contribution in [3.8, 4) is 5.75 Å². The molecule has 0 radical (unpaired) electrons. The van der Waals surface area contributed by atoms with Crippen LogP contribution in [0.3, 0.4) is 0 Å². The summed E-state index contributed by atoms with van der Waals surface area (Å²) in [5.41, 5.74) is 1.57. The molecule has 1 aromatic heterocycles. The summed E-state index contributed by atoms with van der Waals surface area (Å²) in [6.45, 7) is 3.34. The summed E-state index contributed by atoms with van der Waals surface area (Å²) in [6, 6.07) is 7.43. The second-order valence-corrected chi connectivity index (χ2v) is 6.97. The van der Waals surface area contributed by atoms with Gasteiger partial charge in [0, 0.05) is 17.7 Å². The Morgan fingerprint density at radius 2 is 2.21 bits per heavy atom. The maximum atomic E-state index is 12.0. The Kier molecular flexibility index (Phi) is 5.82. The van der Waals surface area contributed by atoms with Crippen molar-refractivity contribution in [1.82, 2.24) is 4.98 Å². The van der Waals surface area contributed by atoms with E-state index in [-0.39, 0.29) is 12.0 Å². The molecule has 2 aromatic rings. The van der Waals surface area contributed by atoms with Crippen LogP contribution in [0.4, 0.5) is 5.69 Å². The lowest BCUT2D eigenvalue weighted by Gasteiger charge is -2.22. The third-order valence-electron chi connectivity index (χ3n) is 3.86. The first-order chi connectivity index (χ1) is 11.7. The van der Waals surface area contributed by atoms with E-state index in [4.69, 9.17) is 9.47 Å². The zero-order chi connectivity index (χ0) is 16.8. The molecule has 0 aliphatic carbocycles. The van der Waals surface area contributed by atoms with E-state index in [1.165, 1.54) is 6.42 Å². The molecule has 0 saturated carbocycles. The second kappa shape index (κ2) is 8.26. The third kappa shape index (κ3) is 5.04. The van der Waals surface area contributed by atoms with Crippen molar-refractivity contribution >= 4 is 22.9 Å². The fourth-order valence-electron chi connectivity index (χ4n) is 2.62. The molecule has 1 unspecified atom stereocenters. The van der Waals surface area contributed by atoms with Crippen LogP contribution in [0.5, 0.6) is 5.75 Å². The van der Waals surface area contributed by atoms with Crippen LogP contribution in [-0.2, 0) is 16.0 Å². The van der Waals surface area contributed by atoms with Gasteiger partial charge in [-0.05, 0) is 50.5 Å². The van der Waals surface area contributed by atoms with E-state index in [9.17, 15) is 4.79 Å². The number of rotatable bonds is 6. The predicted molar refractivity (Wildman–Crippen MR) is 94.7 cm³/mol. The van der Waals surface area contributed by atoms with Gasteiger partial charge in [-0.3, -0.25) is 4.79 Å². The van der Waals surface area contributed by atoms with Crippen LogP contribution in [0.25, 0.3) is 0 Å². The molecular formula is C18H22N2O3S. The molecule has 1 N–H and O–H groups in total. The van der Waals surface area contributed by atoms with Crippen molar-refractivity contribution < 1.29 is 14.3 Å². The Bertz CT molecular complexity index is 663. The average Bonchev–Trinajstić information content (AvgIpc) is 3.00. The highest BCUT2D eigenvalue weighted by Gasteiger charge is 2.14. The van der Waals surface area contributed by atoms with E-state index < -0.39 is 0 Å². The van der Waals surface area contributed by atoms with Gasteiger partial charge >= 0.3 is 0 Å². The van der Waals surface area contributed by atoms with Gasteiger partial charge in [0.15, 0.2) is 0 Å². The smallest absolute Gasteiger partial charge is 0.230 e. The number of aromatic nitrogens is 1. The zero-order valence-corrected chi connectivity index (χ0v) is 14.6. The van der Waals surface area contributed by atoms with E-state index in [1.54, 1.807) is 11.3 Å². The van der Waals surface area contributed by atoms with Crippen LogP contribution in [0.1, 0.15) is 30.0 Å². The van der Waals surface area contributed by atoms with Crippen molar-refractivity contribution in [3.63, 3.8) is 0 Å². The van der Waals surface area contributed by atoms with E-state index in [0.29, 0.717) is 13.0 Å². The number of nitrogens with one attached hydrogen (secondary N) is 1. The number of anilines is 1. The van der Waals surface area contributed by atoms with Crippen molar-refractivity contribution in [1.29, 1.82) is 0 Å². The Hall–Kier alpha value is -1.92. The molecule has 6 heteroatoms. The summed E-state index contributed by atoms with van der Waals surface area (Å²) >= 11 is 1.55. The van der Waals surface area contributed by atoms with Crippen LogP contribution in [0.2, 0.25) is 0 Å². The number of benzene rings is 1. The molecule has 3 rings (SSSR count). The number of carbonyl (C=O) groups excluding carboxylic acids is 1. The van der Waals surface area contributed by atoms with Crippen LogP contribution < -0.4 is 10.1 Å². The van der Waals surface area contributed by atoms with Crippen LogP contribution in [0.15, 0.2) is 29.6 Å². The molecule has 1 aromatic carbocycles. The lowest BCUT2D eigenvalue weighted by atomic mass is 10.1. The predicted octanol–water partition coefficient (Wildman–Crippen LogP) is 3.58. The summed E-state index contributed by atoms with van der Waals surface area (Å²) in [5.74, 6) is 0.724. The minimum Gasteiger partial charge on any atom is -0.491 e. The molecule has 1 aliphatic rings. The quantitative estimate of drug-likeness (QED) is 0.868. The molecule has 24 heavy (non-hydrogen) atoms. The Morgan fingerprint density at radius 1 is 1.38 bits per heavy atom. The van der Waals surface area contributed by atoms with Gasteiger partial charge in [0.2, 0.25) is 5.91 Å². The number of hydrogen-bond donors (Lipinski definition) is 1. The number of ether oxygens (including phenoxy) is 2. The van der Waals surface area contributed by atoms with Crippen LogP contribution in [0, 0.1) is 6.92 Å². The summed E-state index contributed by atoms with van der Waals surface area (Å²) in [4.78, 5) is 16.3. The molecule has 0 spiro atoms. The van der Waals surface area contributed by atoms with Crippen molar-refractivity contribution in [2.45, 2.75) is 38.7 Å². The van der Waals surface area contributed by atoms with E-state index in [0.717, 1.165) is 41.6 Å². The second-order valence-electron chi connectivity index (χ2n) is 5.91. The summed E-state index contributed by atoms with van der Waals surface area (Å²) in [7, 11) is 0. The van der Waals surface area contributed by atoms with E-state index in [2.05, 4.69) is 10.3 Å². The first-order valence-electron chi connectivity index (χ1n) is 8.24. The standard InChI is InChI=1S/C18H22N2O3S/c1-13-19-15(12-24-13)10-18(21)20-14-5-7-16(8-6-14)23-11-17-4-2-3-9-22-17/h5-8,12,17H,2-4,9-11H2,1H3,(H,20,21). The number of carbonyl (C=O) groups is 1. The first-order valence-corrected chi connectivity index (χ1v) is 9.12. The van der Waals surface area contributed by atoms with E-state index in [1.807, 2.05) is 36.6 Å². The summed E-state index contributed by atoms with van der Waals surface area (Å²) in [5, 5.41) is 5.77. The molecule has 1 amide bonds. The average molecular weight is 346 g/mol. The van der Waals surface area contributed by atoms with Gasteiger partial charge in [-0.1, -0.05) is 0 Å². The number of nitrogens with zero attached hydrogens (tertiary/aromatic N) is 1. The third-order valence-corrected chi connectivity index (χ3v) is 4.68. The first kappa shape index (κ1) is 16.9. The minimum absolute atomic E-state index is 0.0652. The molecule has 1 saturated heterocycles. The Morgan fingerprint density at radius 3 is 2.88 bits per heavy atom. The SMILES string of the molecule is Cc1nc(CC(=O)Nc2ccc(OCC3CCCCO3)cc2)cs1. The summed E-state index contributed by atoms with van der Waals surface area (Å²) < 4.78 is 11.4. The van der Waals surface area contributed by atoms with Gasteiger partial charge in [-0.25, -0.2) is 4.98 Å². The Balaban J connectivity index is 1.46. The number of aryl methyl sites for hydroxylation is 1. The zero-order valence-electron chi connectivity index (χ0n) is 13.8. The molecule has 5 nitrogen and oxygen atoms in total. The molecule has 1 aliphatic heterocycles.